The summed E-state index contributed by atoms with van der Waals surface area (Å²) in [7, 11) is 1.59. The second kappa shape index (κ2) is 10.4. The number of ether oxygens (including phenoxy) is 1. The minimum absolute atomic E-state index is 0.000760. The van der Waals surface area contributed by atoms with E-state index < -0.39 is 16.9 Å². The van der Waals surface area contributed by atoms with Crippen molar-refractivity contribution < 1.29 is 19.2 Å². The molecule has 3 aromatic rings. The van der Waals surface area contributed by atoms with Crippen LogP contribution in [0.15, 0.2) is 72.8 Å². The van der Waals surface area contributed by atoms with Crippen molar-refractivity contribution in [1.82, 2.24) is 5.32 Å². The Bertz CT molecular complexity index is 1210. The van der Waals surface area contributed by atoms with Gasteiger partial charge >= 0.3 is 0 Å². The number of rotatable bonds is 7. The number of methoxy groups -OCH3 is 1. The van der Waals surface area contributed by atoms with E-state index in [-0.39, 0.29) is 30.5 Å². The first kappa shape index (κ1) is 23.9. The highest BCUT2D eigenvalue weighted by atomic mass is 16.6. The van der Waals surface area contributed by atoms with Gasteiger partial charge in [0.2, 0.25) is 11.8 Å². The molecule has 4 rings (SSSR count). The van der Waals surface area contributed by atoms with Crippen molar-refractivity contribution >= 4 is 23.2 Å². The van der Waals surface area contributed by atoms with Gasteiger partial charge in [-0.15, -0.1) is 0 Å². The number of hydrogen-bond donors (Lipinski definition) is 1. The number of nitrogens with zero attached hydrogens (tertiary/aromatic N) is 2. The number of carbonyl (C=O) groups is 2. The molecule has 1 N–H and O–H groups in total. The predicted octanol–water partition coefficient (Wildman–Crippen LogP) is 4.71. The maximum absolute atomic E-state index is 13.4. The summed E-state index contributed by atoms with van der Waals surface area (Å²) >= 11 is 0. The summed E-state index contributed by atoms with van der Waals surface area (Å²) < 4.78 is 5.29. The first-order chi connectivity index (χ1) is 16.9. The van der Waals surface area contributed by atoms with E-state index in [1.165, 1.54) is 12.1 Å². The van der Waals surface area contributed by atoms with Crippen molar-refractivity contribution in [3.8, 4) is 5.75 Å². The van der Waals surface area contributed by atoms with E-state index in [1.54, 1.807) is 24.1 Å². The number of anilines is 1. The van der Waals surface area contributed by atoms with E-state index in [4.69, 9.17) is 4.74 Å². The van der Waals surface area contributed by atoms with Gasteiger partial charge in [0.15, 0.2) is 0 Å². The van der Waals surface area contributed by atoms with Crippen LogP contribution in [0.2, 0.25) is 0 Å². The average molecular weight is 474 g/mol. The van der Waals surface area contributed by atoms with Crippen LogP contribution >= 0.6 is 0 Å². The van der Waals surface area contributed by atoms with Gasteiger partial charge in [0.05, 0.1) is 24.0 Å². The molecule has 2 atom stereocenters. The monoisotopic (exact) mass is 473 g/mol. The van der Waals surface area contributed by atoms with Crippen LogP contribution in [0.3, 0.4) is 0 Å². The molecule has 180 valence electrons. The Morgan fingerprint density at radius 1 is 1.06 bits per heavy atom. The summed E-state index contributed by atoms with van der Waals surface area (Å²) in [6.45, 7) is 2.22. The van der Waals surface area contributed by atoms with E-state index in [0.29, 0.717) is 12.2 Å². The Morgan fingerprint density at radius 2 is 1.71 bits per heavy atom. The zero-order valence-electron chi connectivity index (χ0n) is 19.6. The van der Waals surface area contributed by atoms with Crippen LogP contribution in [0.5, 0.6) is 5.75 Å². The molecule has 0 aromatic heterocycles. The topological polar surface area (TPSA) is 102 Å². The van der Waals surface area contributed by atoms with Gasteiger partial charge in [0, 0.05) is 30.8 Å². The Morgan fingerprint density at radius 3 is 2.31 bits per heavy atom. The summed E-state index contributed by atoms with van der Waals surface area (Å²) in [6, 6.07) is 20.7. The first-order valence-corrected chi connectivity index (χ1v) is 11.4. The molecule has 3 aromatic carbocycles. The quantitative estimate of drug-likeness (QED) is 0.395. The predicted molar refractivity (Wildman–Crippen MR) is 132 cm³/mol. The lowest BCUT2D eigenvalue weighted by Crippen LogP contribution is -2.48. The van der Waals surface area contributed by atoms with Crippen LogP contribution in [-0.4, -0.2) is 23.8 Å². The van der Waals surface area contributed by atoms with Gasteiger partial charge in [-0.1, -0.05) is 42.0 Å². The number of carbonyl (C=O) groups excluding carboxylic acids is 2. The number of hydrogen-bond acceptors (Lipinski definition) is 5. The SMILES string of the molecule is COc1ccc(C2C(C(=O)NCc3ccc([N+](=O)[O-])cc3)CCC(=O)N2c2ccc(C)cc2)cc1. The zero-order chi connectivity index (χ0) is 24.9. The van der Waals surface area contributed by atoms with Gasteiger partial charge in [-0.3, -0.25) is 19.7 Å². The third kappa shape index (κ3) is 5.32. The van der Waals surface area contributed by atoms with Crippen LogP contribution in [0.4, 0.5) is 11.4 Å². The number of non-ortho nitro benzene ring substituents is 1. The molecule has 0 spiro atoms. The Labute approximate surface area is 203 Å². The third-order valence-electron chi connectivity index (χ3n) is 6.32. The number of aryl methyl sites for hydroxylation is 1. The molecular weight excluding hydrogens is 446 g/mol. The van der Waals surface area contributed by atoms with Crippen LogP contribution in [0.25, 0.3) is 0 Å². The van der Waals surface area contributed by atoms with Crippen molar-refractivity contribution in [2.75, 3.05) is 12.0 Å². The molecule has 1 aliphatic rings. The number of nitrogens with one attached hydrogen (secondary N) is 1. The van der Waals surface area contributed by atoms with E-state index in [0.717, 1.165) is 22.4 Å². The van der Waals surface area contributed by atoms with E-state index in [2.05, 4.69) is 5.32 Å². The maximum atomic E-state index is 13.4. The van der Waals surface area contributed by atoms with Gasteiger partial charge in [-0.05, 0) is 48.7 Å². The van der Waals surface area contributed by atoms with Gasteiger partial charge in [0.25, 0.3) is 5.69 Å². The van der Waals surface area contributed by atoms with Gasteiger partial charge in [-0.25, -0.2) is 0 Å². The fourth-order valence-corrected chi connectivity index (χ4v) is 4.42. The van der Waals surface area contributed by atoms with Crippen LogP contribution < -0.4 is 15.0 Å². The Hall–Kier alpha value is -4.20. The van der Waals surface area contributed by atoms with Crippen LogP contribution in [-0.2, 0) is 16.1 Å². The normalized spacial score (nSPS) is 17.7. The van der Waals surface area contributed by atoms with Crippen LogP contribution in [0.1, 0.15) is 35.6 Å². The molecular formula is C27H27N3O5. The smallest absolute Gasteiger partial charge is 0.269 e. The summed E-state index contributed by atoms with van der Waals surface area (Å²) in [5.74, 6) is 0.0141. The fourth-order valence-electron chi connectivity index (χ4n) is 4.42. The lowest BCUT2D eigenvalue weighted by atomic mass is 9.83. The molecule has 1 fully saturated rings. The summed E-state index contributed by atoms with van der Waals surface area (Å²) in [6.07, 6.45) is 0.681. The Balaban J connectivity index is 1.62. The van der Waals surface area contributed by atoms with Gasteiger partial charge in [0.1, 0.15) is 5.75 Å². The van der Waals surface area contributed by atoms with Crippen molar-refractivity contribution in [3.63, 3.8) is 0 Å². The van der Waals surface area contributed by atoms with Crippen molar-refractivity contribution in [3.05, 3.63) is 99.6 Å². The van der Waals surface area contributed by atoms with Gasteiger partial charge in [-0.2, -0.15) is 0 Å². The fraction of sp³-hybridized carbons (Fsp3) is 0.259. The molecule has 1 heterocycles. The lowest BCUT2D eigenvalue weighted by molar-refractivity contribution is -0.384. The minimum Gasteiger partial charge on any atom is -0.497 e. The number of amides is 2. The summed E-state index contributed by atoms with van der Waals surface area (Å²) in [5.41, 5.74) is 3.42. The maximum Gasteiger partial charge on any atom is 0.269 e. The summed E-state index contributed by atoms with van der Waals surface area (Å²) in [5, 5.41) is 13.8. The van der Waals surface area contributed by atoms with Crippen molar-refractivity contribution in [2.45, 2.75) is 32.4 Å². The summed E-state index contributed by atoms with van der Waals surface area (Å²) in [4.78, 5) is 38.7. The zero-order valence-corrected chi connectivity index (χ0v) is 19.6. The number of nitro benzene ring substituents is 1. The molecule has 35 heavy (non-hydrogen) atoms. The van der Waals surface area contributed by atoms with Gasteiger partial charge < -0.3 is 15.0 Å². The lowest BCUT2D eigenvalue weighted by Gasteiger charge is -2.41. The second-order valence-electron chi connectivity index (χ2n) is 8.60. The number of piperidine rings is 1. The largest absolute Gasteiger partial charge is 0.497 e. The highest BCUT2D eigenvalue weighted by molar-refractivity contribution is 5.97. The van der Waals surface area contributed by atoms with E-state index in [1.807, 2.05) is 55.5 Å². The second-order valence-corrected chi connectivity index (χ2v) is 8.60. The molecule has 2 unspecified atom stereocenters. The molecule has 1 saturated heterocycles. The molecule has 8 nitrogen and oxygen atoms in total. The number of nitro groups is 1. The van der Waals surface area contributed by atoms with Crippen molar-refractivity contribution in [2.24, 2.45) is 5.92 Å². The molecule has 8 heteroatoms. The first-order valence-electron chi connectivity index (χ1n) is 11.4. The molecule has 0 aliphatic carbocycles. The standard InChI is InChI=1S/C27H27N3O5/c1-18-3-9-21(10-4-18)29-25(31)16-15-24(26(29)20-7-13-23(35-2)14-8-20)27(32)28-17-19-5-11-22(12-6-19)30(33)34/h3-14,24,26H,15-17H2,1-2H3,(H,28,32). The highest BCUT2D eigenvalue weighted by Crippen LogP contribution is 2.40. The van der Waals surface area contributed by atoms with E-state index in [9.17, 15) is 19.7 Å². The molecule has 0 bridgehead atoms. The van der Waals surface area contributed by atoms with E-state index >= 15 is 0 Å². The highest BCUT2D eigenvalue weighted by Gasteiger charge is 2.41. The van der Waals surface area contributed by atoms with Crippen LogP contribution in [0, 0.1) is 23.0 Å². The van der Waals surface area contributed by atoms with Crippen molar-refractivity contribution in [1.29, 1.82) is 0 Å². The number of benzene rings is 3. The molecule has 0 saturated carbocycles. The third-order valence-corrected chi connectivity index (χ3v) is 6.32. The molecule has 0 radical (unpaired) electrons. The minimum atomic E-state index is -0.485. The molecule has 2 amide bonds. The average Bonchev–Trinajstić information content (AvgIpc) is 2.88. The Kier molecular flexibility index (Phi) is 7.10. The molecule has 1 aliphatic heterocycles.